The van der Waals surface area contributed by atoms with Crippen LogP contribution < -0.4 is 9.47 Å². The molecular formula is C12H17BrO3S. The summed E-state index contributed by atoms with van der Waals surface area (Å²) in [6.07, 6.45) is 3.56. The first kappa shape index (κ1) is 13.2. The smallest absolute Gasteiger partial charge is 0.172 e. The van der Waals surface area contributed by atoms with Gasteiger partial charge in [0, 0.05) is 22.7 Å². The first-order chi connectivity index (χ1) is 8.40. The summed E-state index contributed by atoms with van der Waals surface area (Å²) in [6, 6.07) is 0. The molecule has 1 aromatic heterocycles. The molecule has 5 heteroatoms. The van der Waals surface area contributed by atoms with Crippen LogP contribution in [-0.4, -0.2) is 31.3 Å². The first-order valence-corrected chi connectivity index (χ1v) is 7.96. The van der Waals surface area contributed by atoms with Gasteiger partial charge in [-0.3, -0.25) is 0 Å². The van der Waals surface area contributed by atoms with Crippen molar-refractivity contribution in [2.45, 2.75) is 25.4 Å². The Hall–Kier alpha value is -0.260. The number of hydrogen-bond donors (Lipinski definition) is 0. The van der Waals surface area contributed by atoms with Gasteiger partial charge in [0.2, 0.25) is 0 Å². The summed E-state index contributed by atoms with van der Waals surface area (Å²) in [4.78, 5) is 0. The van der Waals surface area contributed by atoms with E-state index >= 15 is 0 Å². The van der Waals surface area contributed by atoms with Crippen LogP contribution in [0, 0.1) is 0 Å². The molecule has 0 N–H and O–H groups in total. The van der Waals surface area contributed by atoms with Gasteiger partial charge in [0.15, 0.2) is 11.5 Å². The third-order valence-corrected chi connectivity index (χ3v) is 3.84. The Balaban J connectivity index is 1.65. The number of thiophene rings is 1. The number of alkyl halides is 1. The molecule has 0 radical (unpaired) electrons. The monoisotopic (exact) mass is 320 g/mol. The van der Waals surface area contributed by atoms with E-state index in [1.807, 2.05) is 10.8 Å². The fourth-order valence-corrected chi connectivity index (χ4v) is 2.70. The Labute approximate surface area is 114 Å². The fourth-order valence-electron chi connectivity index (χ4n) is 1.62. The number of ether oxygens (including phenoxy) is 3. The van der Waals surface area contributed by atoms with E-state index in [0.717, 1.165) is 29.9 Å². The lowest BCUT2D eigenvalue weighted by molar-refractivity contribution is 0.00121. The van der Waals surface area contributed by atoms with Crippen molar-refractivity contribution in [3.05, 3.63) is 10.8 Å². The quantitative estimate of drug-likeness (QED) is 0.593. The summed E-state index contributed by atoms with van der Waals surface area (Å²) < 4.78 is 17.0. The van der Waals surface area contributed by atoms with Crippen molar-refractivity contribution in [2.24, 2.45) is 0 Å². The van der Waals surface area contributed by atoms with Crippen LogP contribution in [0.5, 0.6) is 11.5 Å². The Bertz CT molecular complexity index is 307. The highest BCUT2D eigenvalue weighted by atomic mass is 79.9. The predicted molar refractivity (Wildman–Crippen MR) is 72.7 cm³/mol. The van der Waals surface area contributed by atoms with E-state index in [9.17, 15) is 0 Å². The van der Waals surface area contributed by atoms with Gasteiger partial charge < -0.3 is 14.2 Å². The lowest BCUT2D eigenvalue weighted by Crippen LogP contribution is -2.27. The van der Waals surface area contributed by atoms with E-state index in [-0.39, 0.29) is 6.10 Å². The van der Waals surface area contributed by atoms with Gasteiger partial charge in [0.25, 0.3) is 0 Å². The van der Waals surface area contributed by atoms with Crippen LogP contribution in [0.2, 0.25) is 0 Å². The van der Waals surface area contributed by atoms with Gasteiger partial charge in [0.05, 0.1) is 0 Å². The molecule has 2 rings (SSSR count). The van der Waals surface area contributed by atoms with Crippen molar-refractivity contribution in [3.8, 4) is 11.5 Å². The third kappa shape index (κ3) is 4.16. The van der Waals surface area contributed by atoms with E-state index in [0.29, 0.717) is 13.2 Å². The molecule has 1 aliphatic rings. The maximum absolute atomic E-state index is 5.75. The van der Waals surface area contributed by atoms with E-state index < -0.39 is 0 Å². The van der Waals surface area contributed by atoms with E-state index in [4.69, 9.17) is 14.2 Å². The number of hydrogen-bond acceptors (Lipinski definition) is 4. The second-order valence-electron chi connectivity index (χ2n) is 3.96. The van der Waals surface area contributed by atoms with Gasteiger partial charge in [-0.1, -0.05) is 22.4 Å². The molecule has 17 heavy (non-hydrogen) atoms. The van der Waals surface area contributed by atoms with E-state index in [1.54, 1.807) is 11.3 Å². The van der Waals surface area contributed by atoms with Crippen LogP contribution in [0.1, 0.15) is 19.3 Å². The van der Waals surface area contributed by atoms with Crippen LogP contribution >= 0.6 is 27.3 Å². The maximum atomic E-state index is 5.75. The number of fused-ring (bicyclic) bond motifs is 1. The molecule has 1 aromatic rings. The van der Waals surface area contributed by atoms with Gasteiger partial charge in [-0.25, -0.2) is 0 Å². The van der Waals surface area contributed by atoms with Gasteiger partial charge in [-0.2, -0.15) is 0 Å². The number of unbranched alkanes of at least 4 members (excludes halogenated alkanes) is 2. The van der Waals surface area contributed by atoms with E-state index in [1.165, 1.54) is 12.8 Å². The molecule has 0 aromatic carbocycles. The lowest BCUT2D eigenvalue weighted by atomic mass is 10.3. The molecule has 0 bridgehead atoms. The average molecular weight is 321 g/mol. The van der Waals surface area contributed by atoms with Gasteiger partial charge in [-0.05, 0) is 12.8 Å². The minimum Gasteiger partial charge on any atom is -0.486 e. The number of halogens is 1. The molecule has 1 aliphatic heterocycles. The SMILES string of the molecule is BrCCCCCOC1COc2cscc2OC1. The lowest BCUT2D eigenvalue weighted by Gasteiger charge is -2.14. The molecule has 0 unspecified atom stereocenters. The van der Waals surface area contributed by atoms with Crippen LogP contribution in [-0.2, 0) is 4.74 Å². The highest BCUT2D eigenvalue weighted by Gasteiger charge is 2.18. The molecule has 96 valence electrons. The molecule has 2 heterocycles. The van der Waals surface area contributed by atoms with Crippen molar-refractivity contribution in [3.63, 3.8) is 0 Å². The third-order valence-electron chi connectivity index (χ3n) is 2.57. The van der Waals surface area contributed by atoms with Crippen molar-refractivity contribution < 1.29 is 14.2 Å². The van der Waals surface area contributed by atoms with Crippen molar-refractivity contribution in [1.29, 1.82) is 0 Å². The molecule has 0 spiro atoms. The Morgan fingerprint density at radius 3 is 2.53 bits per heavy atom. The van der Waals surface area contributed by atoms with Crippen LogP contribution in [0.15, 0.2) is 10.8 Å². The molecule has 0 saturated carbocycles. The Morgan fingerprint density at radius 1 is 1.18 bits per heavy atom. The van der Waals surface area contributed by atoms with Crippen LogP contribution in [0.3, 0.4) is 0 Å². The topological polar surface area (TPSA) is 27.7 Å². The summed E-state index contributed by atoms with van der Waals surface area (Å²) in [7, 11) is 0. The summed E-state index contributed by atoms with van der Waals surface area (Å²) in [5.41, 5.74) is 0. The van der Waals surface area contributed by atoms with Crippen molar-refractivity contribution in [1.82, 2.24) is 0 Å². The van der Waals surface area contributed by atoms with Crippen LogP contribution in [0.4, 0.5) is 0 Å². The van der Waals surface area contributed by atoms with Crippen LogP contribution in [0.25, 0.3) is 0 Å². The average Bonchev–Trinajstić information content (AvgIpc) is 2.71. The first-order valence-electron chi connectivity index (χ1n) is 5.89. The summed E-state index contributed by atoms with van der Waals surface area (Å²) in [6.45, 7) is 1.96. The van der Waals surface area contributed by atoms with Gasteiger partial charge in [0.1, 0.15) is 19.3 Å². The van der Waals surface area contributed by atoms with Crippen molar-refractivity contribution in [2.75, 3.05) is 25.2 Å². The number of rotatable bonds is 6. The zero-order valence-electron chi connectivity index (χ0n) is 9.69. The summed E-state index contributed by atoms with van der Waals surface area (Å²) in [5.74, 6) is 1.70. The zero-order chi connectivity index (χ0) is 11.9. The van der Waals surface area contributed by atoms with Gasteiger partial charge >= 0.3 is 0 Å². The zero-order valence-corrected chi connectivity index (χ0v) is 12.1. The second kappa shape index (κ2) is 7.24. The van der Waals surface area contributed by atoms with Crippen molar-refractivity contribution >= 4 is 27.3 Å². The Morgan fingerprint density at radius 2 is 1.88 bits per heavy atom. The summed E-state index contributed by atoms with van der Waals surface area (Å²) in [5, 5.41) is 5.00. The fraction of sp³-hybridized carbons (Fsp3) is 0.667. The maximum Gasteiger partial charge on any atom is 0.172 e. The molecule has 0 fully saturated rings. The molecule has 0 amide bonds. The largest absolute Gasteiger partial charge is 0.486 e. The molecule has 0 atom stereocenters. The normalized spacial score (nSPS) is 15.8. The standard InChI is InChI=1S/C12H17BrO3S/c13-4-2-1-3-5-14-10-6-15-11-8-17-9-12(11)16-7-10/h8-10H,1-7H2. The highest BCUT2D eigenvalue weighted by molar-refractivity contribution is 9.09. The van der Waals surface area contributed by atoms with Gasteiger partial charge in [-0.15, -0.1) is 11.3 Å². The summed E-state index contributed by atoms with van der Waals surface area (Å²) >= 11 is 5.02. The Kier molecular flexibility index (Phi) is 5.61. The minimum absolute atomic E-state index is 0.0522. The highest BCUT2D eigenvalue weighted by Crippen LogP contribution is 2.33. The minimum atomic E-state index is 0.0522. The molecule has 0 aliphatic carbocycles. The second-order valence-corrected chi connectivity index (χ2v) is 5.50. The molecule has 0 saturated heterocycles. The van der Waals surface area contributed by atoms with E-state index in [2.05, 4.69) is 15.9 Å². The molecule has 3 nitrogen and oxygen atoms in total. The predicted octanol–water partition coefficient (Wildman–Crippen LogP) is 3.47. The molecular weight excluding hydrogens is 304 g/mol.